The molecule has 5 heteroatoms. The zero-order valence-electron chi connectivity index (χ0n) is 9.45. The molecule has 0 aromatic carbocycles. The molecule has 0 saturated carbocycles. The van der Waals surface area contributed by atoms with Crippen LogP contribution in [0.2, 0.25) is 0 Å². The van der Waals surface area contributed by atoms with E-state index < -0.39 is 11.4 Å². The summed E-state index contributed by atoms with van der Waals surface area (Å²) in [5, 5.41) is 20.5. The van der Waals surface area contributed by atoms with E-state index in [9.17, 15) is 4.79 Å². The van der Waals surface area contributed by atoms with E-state index in [-0.39, 0.29) is 6.61 Å². The van der Waals surface area contributed by atoms with Crippen LogP contribution in [-0.2, 0) is 4.79 Å². The number of aliphatic hydroxyl groups excluding tert-OH is 1. The second kappa shape index (κ2) is 7.96. The predicted molar refractivity (Wildman–Crippen MR) is 63.3 cm³/mol. The Labute approximate surface area is 95.4 Å². The highest BCUT2D eigenvalue weighted by atomic mass is 32.2. The fraction of sp³-hybridized carbons (Fsp3) is 0.900. The van der Waals surface area contributed by atoms with Crippen molar-refractivity contribution in [3.05, 3.63) is 0 Å². The third-order valence-electron chi connectivity index (χ3n) is 2.02. The maximum absolute atomic E-state index is 10.8. The third-order valence-corrected chi connectivity index (χ3v) is 3.09. The zero-order chi connectivity index (χ0) is 11.7. The highest BCUT2D eigenvalue weighted by molar-refractivity contribution is 7.99. The molecule has 0 atom stereocenters. The van der Waals surface area contributed by atoms with E-state index in [1.165, 1.54) is 0 Å². The van der Waals surface area contributed by atoms with Crippen LogP contribution in [0.25, 0.3) is 0 Å². The van der Waals surface area contributed by atoms with E-state index in [1.807, 2.05) is 0 Å². The molecule has 0 unspecified atom stereocenters. The summed E-state index contributed by atoms with van der Waals surface area (Å²) in [6.45, 7) is 4.96. The van der Waals surface area contributed by atoms with Gasteiger partial charge in [-0.05, 0) is 26.0 Å². The lowest BCUT2D eigenvalue weighted by atomic mass is 9.94. The molecule has 0 aromatic rings. The maximum Gasteiger partial charge on any atom is 0.310 e. The second-order valence-electron chi connectivity index (χ2n) is 4.06. The molecule has 0 bridgehead atoms. The van der Waals surface area contributed by atoms with Crippen molar-refractivity contribution in [1.29, 1.82) is 0 Å². The topological polar surface area (TPSA) is 69.6 Å². The molecule has 4 nitrogen and oxygen atoms in total. The Bertz CT molecular complexity index is 186. The van der Waals surface area contributed by atoms with Crippen molar-refractivity contribution in [2.75, 3.05) is 31.2 Å². The Kier molecular flexibility index (Phi) is 7.82. The van der Waals surface area contributed by atoms with Crippen molar-refractivity contribution in [3.63, 3.8) is 0 Å². The summed E-state index contributed by atoms with van der Waals surface area (Å²) < 4.78 is 0. The molecule has 0 radical (unpaired) electrons. The molecule has 0 aliphatic heterocycles. The number of hydrogen-bond donors (Lipinski definition) is 3. The summed E-state index contributed by atoms with van der Waals surface area (Å²) in [5.41, 5.74) is -0.699. The summed E-state index contributed by atoms with van der Waals surface area (Å²) in [5.74, 6) is 1.14. The molecule has 0 aliphatic rings. The largest absolute Gasteiger partial charge is 0.481 e. The Morgan fingerprint density at radius 3 is 2.60 bits per heavy atom. The summed E-state index contributed by atoms with van der Waals surface area (Å²) in [4.78, 5) is 10.8. The van der Waals surface area contributed by atoms with Gasteiger partial charge < -0.3 is 15.5 Å². The minimum Gasteiger partial charge on any atom is -0.481 e. The number of aliphatic carboxylic acids is 1. The molecule has 3 N–H and O–H groups in total. The van der Waals surface area contributed by atoms with Gasteiger partial charge in [0.05, 0.1) is 5.41 Å². The Morgan fingerprint density at radius 1 is 1.40 bits per heavy atom. The first-order valence-electron chi connectivity index (χ1n) is 5.13. The molecular formula is C10H21NO3S. The zero-order valence-corrected chi connectivity index (χ0v) is 10.3. The SMILES string of the molecule is CC(C)(CNCCSCCCO)C(=O)O. The van der Waals surface area contributed by atoms with Gasteiger partial charge in [-0.3, -0.25) is 4.79 Å². The van der Waals surface area contributed by atoms with Crippen LogP contribution in [0.5, 0.6) is 0 Å². The Morgan fingerprint density at radius 2 is 2.07 bits per heavy atom. The Hall–Kier alpha value is -0.260. The number of aliphatic hydroxyl groups is 1. The normalized spacial score (nSPS) is 11.7. The van der Waals surface area contributed by atoms with Gasteiger partial charge in [0.15, 0.2) is 0 Å². The molecule has 0 rings (SSSR count). The number of carboxylic acid groups (broad SMARTS) is 1. The van der Waals surface area contributed by atoms with Gasteiger partial charge in [0, 0.05) is 25.4 Å². The van der Waals surface area contributed by atoms with Gasteiger partial charge in [-0.15, -0.1) is 0 Å². The van der Waals surface area contributed by atoms with E-state index in [0.717, 1.165) is 24.5 Å². The summed E-state index contributed by atoms with van der Waals surface area (Å²) in [6.07, 6.45) is 0.825. The maximum atomic E-state index is 10.8. The van der Waals surface area contributed by atoms with Crippen LogP contribution in [0.1, 0.15) is 20.3 Å². The molecule has 0 aromatic heterocycles. The molecule has 0 fully saturated rings. The van der Waals surface area contributed by atoms with Crippen molar-refractivity contribution in [2.24, 2.45) is 5.41 Å². The first-order valence-corrected chi connectivity index (χ1v) is 6.29. The first-order chi connectivity index (χ1) is 7.00. The van der Waals surface area contributed by atoms with Crippen LogP contribution in [0.3, 0.4) is 0 Å². The van der Waals surface area contributed by atoms with Crippen LogP contribution < -0.4 is 5.32 Å². The quantitative estimate of drug-likeness (QED) is 0.516. The van der Waals surface area contributed by atoms with Crippen molar-refractivity contribution in [2.45, 2.75) is 20.3 Å². The van der Waals surface area contributed by atoms with Crippen molar-refractivity contribution >= 4 is 17.7 Å². The van der Waals surface area contributed by atoms with Crippen LogP contribution in [0.4, 0.5) is 0 Å². The standard InChI is InChI=1S/C10H21NO3S/c1-10(2,9(13)14)8-11-4-7-15-6-3-5-12/h11-12H,3-8H2,1-2H3,(H,13,14). The van der Waals surface area contributed by atoms with Crippen LogP contribution >= 0.6 is 11.8 Å². The molecule has 0 amide bonds. The average Bonchev–Trinajstić information content (AvgIpc) is 2.16. The smallest absolute Gasteiger partial charge is 0.310 e. The minimum absolute atomic E-state index is 0.243. The summed E-state index contributed by atoms with van der Waals surface area (Å²) in [7, 11) is 0. The fourth-order valence-corrected chi connectivity index (χ4v) is 1.72. The van der Waals surface area contributed by atoms with E-state index in [0.29, 0.717) is 6.54 Å². The predicted octanol–water partition coefficient (Wildman–Crippen LogP) is 0.802. The lowest BCUT2D eigenvalue weighted by molar-refractivity contribution is -0.146. The number of thioether (sulfide) groups is 1. The van der Waals surface area contributed by atoms with Crippen LogP contribution in [0.15, 0.2) is 0 Å². The van der Waals surface area contributed by atoms with E-state index in [4.69, 9.17) is 10.2 Å². The molecular weight excluding hydrogens is 214 g/mol. The molecule has 0 saturated heterocycles. The highest BCUT2D eigenvalue weighted by Gasteiger charge is 2.25. The van der Waals surface area contributed by atoms with Gasteiger partial charge in [-0.25, -0.2) is 0 Å². The molecule has 0 heterocycles. The van der Waals surface area contributed by atoms with E-state index >= 15 is 0 Å². The van der Waals surface area contributed by atoms with Crippen molar-refractivity contribution in [1.82, 2.24) is 5.32 Å². The summed E-state index contributed by atoms with van der Waals surface area (Å²) in [6, 6.07) is 0. The van der Waals surface area contributed by atoms with E-state index in [1.54, 1.807) is 25.6 Å². The number of rotatable bonds is 9. The molecule has 15 heavy (non-hydrogen) atoms. The van der Waals surface area contributed by atoms with E-state index in [2.05, 4.69) is 5.32 Å². The highest BCUT2D eigenvalue weighted by Crippen LogP contribution is 2.12. The summed E-state index contributed by atoms with van der Waals surface area (Å²) >= 11 is 1.77. The third kappa shape index (κ3) is 7.64. The van der Waals surface area contributed by atoms with Crippen molar-refractivity contribution in [3.8, 4) is 0 Å². The van der Waals surface area contributed by atoms with Crippen molar-refractivity contribution < 1.29 is 15.0 Å². The fourth-order valence-electron chi connectivity index (χ4n) is 0.890. The lowest BCUT2D eigenvalue weighted by Gasteiger charge is -2.19. The molecule has 0 aliphatic carbocycles. The van der Waals surface area contributed by atoms with Crippen LogP contribution in [0, 0.1) is 5.41 Å². The average molecular weight is 235 g/mol. The number of hydrogen-bond acceptors (Lipinski definition) is 4. The lowest BCUT2D eigenvalue weighted by Crippen LogP contribution is -2.36. The van der Waals surface area contributed by atoms with Gasteiger partial charge in [-0.1, -0.05) is 0 Å². The van der Waals surface area contributed by atoms with Gasteiger partial charge >= 0.3 is 5.97 Å². The second-order valence-corrected chi connectivity index (χ2v) is 5.28. The molecule has 0 spiro atoms. The van der Waals surface area contributed by atoms with Gasteiger partial charge in [0.1, 0.15) is 0 Å². The number of nitrogens with one attached hydrogen (secondary N) is 1. The number of carboxylic acids is 1. The first kappa shape index (κ1) is 14.7. The van der Waals surface area contributed by atoms with Gasteiger partial charge in [-0.2, -0.15) is 11.8 Å². The van der Waals surface area contributed by atoms with Gasteiger partial charge in [0.25, 0.3) is 0 Å². The molecule has 90 valence electrons. The number of carbonyl (C=O) groups is 1. The Balaban J connectivity index is 3.35. The monoisotopic (exact) mass is 235 g/mol. The minimum atomic E-state index is -0.775. The van der Waals surface area contributed by atoms with Crippen LogP contribution in [-0.4, -0.2) is 47.4 Å². The van der Waals surface area contributed by atoms with Gasteiger partial charge in [0.2, 0.25) is 0 Å².